The summed E-state index contributed by atoms with van der Waals surface area (Å²) in [6, 6.07) is 11.2. The van der Waals surface area contributed by atoms with Gasteiger partial charge in [0.1, 0.15) is 5.75 Å². The summed E-state index contributed by atoms with van der Waals surface area (Å²) < 4.78 is 10.5. The minimum Gasteiger partial charge on any atom is -0.496 e. The summed E-state index contributed by atoms with van der Waals surface area (Å²) >= 11 is 0. The number of amides is 1. The van der Waals surface area contributed by atoms with Crippen molar-refractivity contribution < 1.29 is 19.1 Å². The van der Waals surface area contributed by atoms with E-state index >= 15 is 0 Å². The van der Waals surface area contributed by atoms with Crippen molar-refractivity contribution in [2.75, 3.05) is 19.5 Å². The first-order valence-corrected chi connectivity index (χ1v) is 11.3. The molecule has 6 nitrogen and oxygen atoms in total. The molecule has 0 radical (unpaired) electrons. The lowest BCUT2D eigenvalue weighted by Crippen LogP contribution is -2.11. The quantitative estimate of drug-likeness (QED) is 0.208. The molecule has 1 aromatic heterocycles. The molecular weight excluding hydrogens is 416 g/mol. The zero-order valence-electron chi connectivity index (χ0n) is 19.6. The Morgan fingerprint density at radius 2 is 1.94 bits per heavy atom. The fourth-order valence-corrected chi connectivity index (χ4v) is 4.10. The molecule has 0 fully saturated rings. The molecule has 6 heteroatoms. The molecule has 3 aromatic rings. The summed E-state index contributed by atoms with van der Waals surface area (Å²) in [5.41, 5.74) is 4.20. The van der Waals surface area contributed by atoms with E-state index in [-0.39, 0.29) is 11.8 Å². The van der Waals surface area contributed by atoms with E-state index in [4.69, 9.17) is 9.47 Å². The monoisotopic (exact) mass is 448 g/mol. The minimum absolute atomic E-state index is 0.0302. The number of methoxy groups -OCH3 is 2. The number of anilines is 1. The highest BCUT2D eigenvalue weighted by atomic mass is 16.5. The normalized spacial score (nSPS) is 11.7. The van der Waals surface area contributed by atoms with E-state index in [1.807, 2.05) is 36.5 Å². The second-order valence-corrected chi connectivity index (χ2v) is 8.03. The second kappa shape index (κ2) is 11.4. The van der Waals surface area contributed by atoms with Crippen LogP contribution in [0.1, 0.15) is 66.4 Å². The smallest absolute Gasteiger partial charge is 0.337 e. The van der Waals surface area contributed by atoms with Gasteiger partial charge in [-0.1, -0.05) is 31.9 Å². The highest BCUT2D eigenvalue weighted by Crippen LogP contribution is 2.39. The second-order valence-electron chi connectivity index (χ2n) is 8.03. The molecule has 2 N–H and O–H groups in total. The number of rotatable bonds is 11. The number of esters is 1. The number of nitrogens with one attached hydrogen (secondary N) is 2. The van der Waals surface area contributed by atoms with E-state index in [2.05, 4.69) is 23.8 Å². The summed E-state index contributed by atoms with van der Waals surface area (Å²) in [7, 11) is 2.95. The molecule has 3 rings (SSSR count). The first-order chi connectivity index (χ1) is 16.0. The van der Waals surface area contributed by atoms with Crippen LogP contribution in [0.15, 0.2) is 55.3 Å². The van der Waals surface area contributed by atoms with Crippen LogP contribution in [-0.2, 0) is 9.53 Å². The number of fused-ring (bicyclic) bond motifs is 1. The lowest BCUT2D eigenvalue weighted by molar-refractivity contribution is -0.116. The molecule has 1 unspecified atom stereocenters. The van der Waals surface area contributed by atoms with E-state index in [1.54, 1.807) is 19.2 Å². The van der Waals surface area contributed by atoms with Crippen LogP contribution >= 0.6 is 0 Å². The Hall–Kier alpha value is -3.54. The van der Waals surface area contributed by atoms with Crippen molar-refractivity contribution in [3.63, 3.8) is 0 Å². The lowest BCUT2D eigenvalue weighted by Gasteiger charge is -2.19. The van der Waals surface area contributed by atoms with E-state index in [9.17, 15) is 9.59 Å². The van der Waals surface area contributed by atoms with Crippen LogP contribution in [-0.4, -0.2) is 31.1 Å². The van der Waals surface area contributed by atoms with Gasteiger partial charge in [0.05, 0.1) is 19.8 Å². The van der Waals surface area contributed by atoms with Crippen molar-refractivity contribution in [1.82, 2.24) is 4.98 Å². The Kier molecular flexibility index (Phi) is 8.30. The molecule has 0 aliphatic carbocycles. The molecule has 2 aromatic carbocycles. The Bertz CT molecular complexity index is 1130. The molecular formula is C27H32N2O4. The van der Waals surface area contributed by atoms with Crippen molar-refractivity contribution in [2.24, 2.45) is 0 Å². The molecule has 1 atom stereocenters. The zero-order chi connectivity index (χ0) is 23.8. The molecule has 1 heterocycles. The van der Waals surface area contributed by atoms with Gasteiger partial charge in [-0.3, -0.25) is 4.79 Å². The topological polar surface area (TPSA) is 80.4 Å². The predicted molar refractivity (Wildman–Crippen MR) is 132 cm³/mol. The first-order valence-electron chi connectivity index (χ1n) is 11.3. The van der Waals surface area contributed by atoms with Crippen molar-refractivity contribution >= 4 is 28.5 Å². The maximum absolute atomic E-state index is 12.3. The van der Waals surface area contributed by atoms with Gasteiger partial charge in [-0.15, -0.1) is 6.58 Å². The number of carbonyl (C=O) groups excluding carboxylic acids is 2. The van der Waals surface area contributed by atoms with E-state index in [1.165, 1.54) is 7.11 Å². The number of benzene rings is 2. The fraction of sp³-hybridized carbons (Fsp3) is 0.333. The van der Waals surface area contributed by atoms with Gasteiger partial charge >= 0.3 is 5.97 Å². The highest BCUT2D eigenvalue weighted by Gasteiger charge is 2.22. The number of aromatic amines is 1. The van der Waals surface area contributed by atoms with Crippen LogP contribution in [0.4, 0.5) is 5.69 Å². The van der Waals surface area contributed by atoms with Gasteiger partial charge in [-0.05, 0) is 48.7 Å². The summed E-state index contributed by atoms with van der Waals surface area (Å²) in [5, 5.41) is 4.04. The Morgan fingerprint density at radius 1 is 1.12 bits per heavy atom. The SMILES string of the molecule is C=CCC(c1ccc(C(=O)OC)cc1OC)c1c[nH]c2ccc(NC(=O)CCCCC)cc12. The zero-order valence-corrected chi connectivity index (χ0v) is 19.6. The minimum atomic E-state index is -0.411. The lowest BCUT2D eigenvalue weighted by atomic mass is 9.87. The first kappa shape index (κ1) is 24.1. The van der Waals surface area contributed by atoms with Crippen LogP contribution in [0.2, 0.25) is 0 Å². The number of hydrogen-bond acceptors (Lipinski definition) is 4. The van der Waals surface area contributed by atoms with Gasteiger partial charge < -0.3 is 19.8 Å². The van der Waals surface area contributed by atoms with E-state index < -0.39 is 5.97 Å². The number of hydrogen-bond donors (Lipinski definition) is 2. The average Bonchev–Trinajstić information content (AvgIpc) is 3.24. The molecule has 0 bridgehead atoms. The van der Waals surface area contributed by atoms with Crippen LogP contribution in [0.3, 0.4) is 0 Å². The molecule has 0 aliphatic rings. The molecule has 0 saturated heterocycles. The van der Waals surface area contributed by atoms with Crippen molar-refractivity contribution in [3.8, 4) is 5.75 Å². The third-order valence-electron chi connectivity index (χ3n) is 5.81. The van der Waals surface area contributed by atoms with Crippen molar-refractivity contribution in [2.45, 2.75) is 44.9 Å². The summed E-state index contributed by atoms with van der Waals surface area (Å²) in [6.45, 7) is 6.06. The van der Waals surface area contributed by atoms with Gasteiger partial charge in [0.2, 0.25) is 5.91 Å². The van der Waals surface area contributed by atoms with E-state index in [0.717, 1.165) is 47.0 Å². The Labute approximate surface area is 195 Å². The highest BCUT2D eigenvalue weighted by molar-refractivity contribution is 5.95. The van der Waals surface area contributed by atoms with Gasteiger partial charge in [0.15, 0.2) is 0 Å². The maximum atomic E-state index is 12.3. The number of aromatic nitrogens is 1. The largest absolute Gasteiger partial charge is 0.496 e. The number of carbonyl (C=O) groups is 2. The fourth-order valence-electron chi connectivity index (χ4n) is 4.10. The van der Waals surface area contributed by atoms with Crippen LogP contribution in [0.25, 0.3) is 10.9 Å². The van der Waals surface area contributed by atoms with Gasteiger partial charge in [-0.25, -0.2) is 4.79 Å². The number of ether oxygens (including phenoxy) is 2. The summed E-state index contributed by atoms with van der Waals surface area (Å²) in [4.78, 5) is 27.6. The van der Waals surface area contributed by atoms with Gasteiger partial charge in [0, 0.05) is 40.7 Å². The van der Waals surface area contributed by atoms with Gasteiger partial charge in [-0.2, -0.15) is 0 Å². The number of H-pyrrole nitrogens is 1. The predicted octanol–water partition coefficient (Wildman–Crippen LogP) is 6.19. The molecule has 0 aliphatic heterocycles. The molecule has 33 heavy (non-hydrogen) atoms. The third kappa shape index (κ3) is 5.64. The van der Waals surface area contributed by atoms with E-state index in [0.29, 0.717) is 24.2 Å². The van der Waals surface area contributed by atoms with Crippen molar-refractivity contribution in [1.29, 1.82) is 0 Å². The maximum Gasteiger partial charge on any atom is 0.337 e. The average molecular weight is 449 g/mol. The number of unbranched alkanes of at least 4 members (excludes halogenated alkanes) is 2. The van der Waals surface area contributed by atoms with Crippen LogP contribution < -0.4 is 10.1 Å². The van der Waals surface area contributed by atoms with Crippen molar-refractivity contribution in [3.05, 3.63) is 71.9 Å². The Balaban J connectivity index is 1.97. The van der Waals surface area contributed by atoms with Crippen LogP contribution in [0, 0.1) is 0 Å². The standard InChI is InChI=1S/C27H32N2O4/c1-5-7-8-10-26(30)29-19-12-14-24-22(16-19)23(17-28-24)20(9-6-2)21-13-11-18(27(31)33-4)15-25(21)32-3/h6,11-17,20,28H,2,5,7-10H2,1,3-4H3,(H,29,30). The summed E-state index contributed by atoms with van der Waals surface area (Å²) in [6.07, 6.45) is 8.08. The molecule has 0 saturated carbocycles. The third-order valence-corrected chi connectivity index (χ3v) is 5.81. The van der Waals surface area contributed by atoms with Crippen LogP contribution in [0.5, 0.6) is 5.75 Å². The summed E-state index contributed by atoms with van der Waals surface area (Å²) in [5.74, 6) is 0.182. The van der Waals surface area contributed by atoms with Gasteiger partial charge in [0.25, 0.3) is 0 Å². The molecule has 174 valence electrons. The Morgan fingerprint density at radius 3 is 2.64 bits per heavy atom. The number of allylic oxidation sites excluding steroid dienone is 1. The molecule has 1 amide bonds. The molecule has 0 spiro atoms.